The molecule has 2 N–H and O–H groups in total. The van der Waals surface area contributed by atoms with E-state index in [9.17, 15) is 14.0 Å². The van der Waals surface area contributed by atoms with Crippen LogP contribution in [0.4, 0.5) is 9.52 Å². The topological polar surface area (TPSA) is 88.5 Å². The van der Waals surface area contributed by atoms with Crippen molar-refractivity contribution in [2.24, 2.45) is 0 Å². The molecule has 8 heteroatoms. The number of thiazole rings is 1. The summed E-state index contributed by atoms with van der Waals surface area (Å²) in [5.41, 5.74) is 0.572. The molecule has 21 heavy (non-hydrogen) atoms. The van der Waals surface area contributed by atoms with Gasteiger partial charge in [-0.25, -0.2) is 9.37 Å². The molecule has 1 aromatic carbocycles. The number of carbonyl (C=O) groups excluding carboxylic acids is 1. The van der Waals surface area contributed by atoms with Gasteiger partial charge in [0.05, 0.1) is 19.2 Å². The first-order chi connectivity index (χ1) is 9.99. The van der Waals surface area contributed by atoms with E-state index >= 15 is 0 Å². The summed E-state index contributed by atoms with van der Waals surface area (Å²) in [5.74, 6) is -2.08. The van der Waals surface area contributed by atoms with Crippen LogP contribution in [0.2, 0.25) is 0 Å². The molecule has 0 bridgehead atoms. The number of carboxylic acids is 1. The maximum Gasteiger partial charge on any atom is 0.309 e. The molecule has 0 aliphatic rings. The summed E-state index contributed by atoms with van der Waals surface area (Å²) in [4.78, 5) is 26.5. The third-order valence-corrected chi connectivity index (χ3v) is 3.32. The third kappa shape index (κ3) is 3.76. The number of nitrogens with one attached hydrogen (secondary N) is 1. The van der Waals surface area contributed by atoms with Crippen LogP contribution in [0, 0.1) is 5.82 Å². The molecule has 0 saturated carbocycles. The molecule has 0 saturated heterocycles. The highest BCUT2D eigenvalue weighted by Crippen LogP contribution is 2.20. The molecule has 0 atom stereocenters. The van der Waals surface area contributed by atoms with Gasteiger partial charge in [0.1, 0.15) is 0 Å². The van der Waals surface area contributed by atoms with Gasteiger partial charge in [-0.05, 0) is 18.2 Å². The highest BCUT2D eigenvalue weighted by molar-refractivity contribution is 7.14. The number of hydrogen-bond donors (Lipinski definition) is 2. The SMILES string of the molecule is COc1cc(C(=O)Nc2nc(CC(=O)O)cs2)ccc1F. The van der Waals surface area contributed by atoms with E-state index in [1.54, 1.807) is 5.38 Å². The minimum atomic E-state index is -0.999. The summed E-state index contributed by atoms with van der Waals surface area (Å²) >= 11 is 1.12. The molecular weight excluding hydrogens is 299 g/mol. The molecule has 0 unspecified atom stereocenters. The maximum atomic E-state index is 13.3. The lowest BCUT2D eigenvalue weighted by Crippen LogP contribution is -2.12. The number of amides is 1. The lowest BCUT2D eigenvalue weighted by molar-refractivity contribution is -0.136. The van der Waals surface area contributed by atoms with Crippen LogP contribution in [0.3, 0.4) is 0 Å². The van der Waals surface area contributed by atoms with Crippen molar-refractivity contribution in [3.63, 3.8) is 0 Å². The fourth-order valence-corrected chi connectivity index (χ4v) is 2.28. The zero-order valence-electron chi connectivity index (χ0n) is 10.9. The summed E-state index contributed by atoms with van der Waals surface area (Å²) in [6.45, 7) is 0. The molecule has 110 valence electrons. The Morgan fingerprint density at radius 2 is 2.24 bits per heavy atom. The molecule has 0 aliphatic carbocycles. The lowest BCUT2D eigenvalue weighted by Gasteiger charge is -2.05. The van der Waals surface area contributed by atoms with Gasteiger partial charge in [0.25, 0.3) is 5.91 Å². The van der Waals surface area contributed by atoms with E-state index in [2.05, 4.69) is 10.3 Å². The van der Waals surface area contributed by atoms with Crippen molar-refractivity contribution >= 4 is 28.3 Å². The predicted molar refractivity (Wildman–Crippen MR) is 74.4 cm³/mol. The molecule has 2 rings (SSSR count). The Morgan fingerprint density at radius 1 is 1.48 bits per heavy atom. The van der Waals surface area contributed by atoms with Crippen molar-refractivity contribution < 1.29 is 23.8 Å². The first-order valence-corrected chi connectivity index (χ1v) is 6.68. The van der Waals surface area contributed by atoms with Crippen molar-refractivity contribution in [1.29, 1.82) is 0 Å². The number of carboxylic acid groups (broad SMARTS) is 1. The number of aromatic nitrogens is 1. The van der Waals surface area contributed by atoms with Gasteiger partial charge in [-0.1, -0.05) is 0 Å². The van der Waals surface area contributed by atoms with Gasteiger partial charge in [0.2, 0.25) is 0 Å². The van der Waals surface area contributed by atoms with Crippen LogP contribution in [0.5, 0.6) is 5.75 Å². The van der Waals surface area contributed by atoms with Crippen LogP contribution in [0.1, 0.15) is 16.1 Å². The number of rotatable bonds is 5. The van der Waals surface area contributed by atoms with Gasteiger partial charge >= 0.3 is 5.97 Å². The quantitative estimate of drug-likeness (QED) is 0.883. The van der Waals surface area contributed by atoms with E-state index < -0.39 is 17.7 Å². The van der Waals surface area contributed by atoms with E-state index in [1.807, 2.05) is 0 Å². The predicted octanol–water partition coefficient (Wildman–Crippen LogP) is 2.17. The monoisotopic (exact) mass is 310 g/mol. The minimum Gasteiger partial charge on any atom is -0.494 e. The van der Waals surface area contributed by atoms with Crippen LogP contribution in [0.15, 0.2) is 23.6 Å². The number of nitrogens with zero attached hydrogens (tertiary/aromatic N) is 1. The Hall–Kier alpha value is -2.48. The molecule has 0 spiro atoms. The molecular formula is C13H11FN2O4S. The summed E-state index contributed by atoms with van der Waals surface area (Å²) in [7, 11) is 1.30. The number of carbonyl (C=O) groups is 2. The van der Waals surface area contributed by atoms with Gasteiger partial charge in [-0.2, -0.15) is 0 Å². The zero-order valence-corrected chi connectivity index (χ0v) is 11.7. The second-order valence-electron chi connectivity index (χ2n) is 4.02. The first-order valence-electron chi connectivity index (χ1n) is 5.80. The second-order valence-corrected chi connectivity index (χ2v) is 4.88. The summed E-state index contributed by atoms with van der Waals surface area (Å²) < 4.78 is 18.1. The number of benzene rings is 1. The molecule has 0 fully saturated rings. The van der Waals surface area contributed by atoms with E-state index in [0.717, 1.165) is 17.4 Å². The van der Waals surface area contributed by atoms with Gasteiger partial charge in [-0.3, -0.25) is 14.9 Å². The fourth-order valence-electron chi connectivity index (χ4n) is 1.57. The third-order valence-electron chi connectivity index (χ3n) is 2.52. The Labute approximate surface area is 123 Å². The minimum absolute atomic E-state index is 0.0339. The Bertz CT molecular complexity index is 687. The molecule has 1 amide bonds. The smallest absolute Gasteiger partial charge is 0.309 e. The van der Waals surface area contributed by atoms with Crippen LogP contribution < -0.4 is 10.1 Å². The summed E-state index contributed by atoms with van der Waals surface area (Å²) in [6.07, 6.45) is -0.212. The number of halogens is 1. The van der Waals surface area contributed by atoms with Crippen LogP contribution in [0.25, 0.3) is 0 Å². The first kappa shape index (κ1) is 14.9. The average molecular weight is 310 g/mol. The van der Waals surface area contributed by atoms with E-state index in [1.165, 1.54) is 19.2 Å². The van der Waals surface area contributed by atoms with Crippen molar-refractivity contribution in [3.8, 4) is 5.75 Å². The van der Waals surface area contributed by atoms with Crippen molar-refractivity contribution in [1.82, 2.24) is 4.98 Å². The van der Waals surface area contributed by atoms with Gasteiger partial charge in [0.15, 0.2) is 16.7 Å². The molecule has 0 aliphatic heterocycles. The zero-order chi connectivity index (χ0) is 15.4. The van der Waals surface area contributed by atoms with Gasteiger partial charge in [-0.15, -0.1) is 11.3 Å². The molecule has 2 aromatic rings. The van der Waals surface area contributed by atoms with E-state index in [-0.39, 0.29) is 22.9 Å². The standard InChI is InChI=1S/C13H11FN2O4S/c1-20-10-4-7(2-3-9(10)14)12(19)16-13-15-8(6-21-13)5-11(17)18/h2-4,6H,5H2,1H3,(H,17,18)(H,15,16,19). The highest BCUT2D eigenvalue weighted by atomic mass is 32.1. The molecule has 6 nitrogen and oxygen atoms in total. The van der Waals surface area contributed by atoms with Gasteiger partial charge < -0.3 is 9.84 Å². The highest BCUT2D eigenvalue weighted by Gasteiger charge is 2.13. The van der Waals surface area contributed by atoms with Crippen LogP contribution in [-0.4, -0.2) is 29.1 Å². The number of hydrogen-bond acceptors (Lipinski definition) is 5. The maximum absolute atomic E-state index is 13.3. The summed E-state index contributed by atoms with van der Waals surface area (Å²) in [5, 5.41) is 13.0. The average Bonchev–Trinajstić information content (AvgIpc) is 2.85. The number of methoxy groups -OCH3 is 1. The second kappa shape index (κ2) is 6.31. The van der Waals surface area contributed by atoms with Crippen molar-refractivity contribution in [3.05, 3.63) is 40.7 Å². The molecule has 0 radical (unpaired) electrons. The lowest BCUT2D eigenvalue weighted by atomic mass is 10.2. The number of aliphatic carboxylic acids is 1. The molecule has 1 aromatic heterocycles. The number of ether oxygens (including phenoxy) is 1. The Morgan fingerprint density at radius 3 is 2.90 bits per heavy atom. The molecule has 1 heterocycles. The van der Waals surface area contributed by atoms with E-state index in [0.29, 0.717) is 5.69 Å². The fraction of sp³-hybridized carbons (Fsp3) is 0.154. The van der Waals surface area contributed by atoms with Crippen molar-refractivity contribution in [2.75, 3.05) is 12.4 Å². The van der Waals surface area contributed by atoms with Crippen molar-refractivity contribution in [2.45, 2.75) is 6.42 Å². The number of anilines is 1. The summed E-state index contributed by atoms with van der Waals surface area (Å²) in [6, 6.07) is 3.72. The Balaban J connectivity index is 2.10. The van der Waals surface area contributed by atoms with E-state index in [4.69, 9.17) is 9.84 Å². The van der Waals surface area contributed by atoms with Crippen LogP contribution in [-0.2, 0) is 11.2 Å². The largest absolute Gasteiger partial charge is 0.494 e. The van der Waals surface area contributed by atoms with Gasteiger partial charge in [0, 0.05) is 10.9 Å². The normalized spacial score (nSPS) is 10.2. The Kier molecular flexibility index (Phi) is 4.49. The van der Waals surface area contributed by atoms with Crippen LogP contribution >= 0.6 is 11.3 Å².